The molecule has 0 fully saturated rings. The van der Waals surface area contributed by atoms with Gasteiger partial charge in [-0.05, 0) is 43.4 Å². The molecular formula is C24H32N2O3. The fraction of sp³-hybridized carbons (Fsp3) is 0.417. The summed E-state index contributed by atoms with van der Waals surface area (Å²) in [5.41, 5.74) is 2.10. The van der Waals surface area contributed by atoms with Crippen molar-refractivity contribution in [3.8, 4) is 5.75 Å². The van der Waals surface area contributed by atoms with Gasteiger partial charge in [0.2, 0.25) is 5.91 Å². The van der Waals surface area contributed by atoms with Crippen LogP contribution >= 0.6 is 0 Å². The number of para-hydroxylation sites is 1. The smallest absolute Gasteiger partial charge is 0.261 e. The number of nitrogens with one attached hydrogen (secondary N) is 1. The highest BCUT2D eigenvalue weighted by atomic mass is 16.5. The van der Waals surface area contributed by atoms with Crippen LogP contribution in [0.4, 0.5) is 0 Å². The molecule has 5 heteroatoms. The summed E-state index contributed by atoms with van der Waals surface area (Å²) in [4.78, 5) is 27.2. The molecule has 5 nitrogen and oxygen atoms in total. The first kappa shape index (κ1) is 22.5. The number of carbonyl (C=O) groups excluding carboxylic acids is 2. The minimum absolute atomic E-state index is 0.0958. The summed E-state index contributed by atoms with van der Waals surface area (Å²) in [7, 11) is 0. The summed E-state index contributed by atoms with van der Waals surface area (Å²) < 4.78 is 5.74. The summed E-state index contributed by atoms with van der Waals surface area (Å²) in [6.07, 6.45) is 0.679. The quantitative estimate of drug-likeness (QED) is 0.667. The van der Waals surface area contributed by atoms with Crippen molar-refractivity contribution in [1.82, 2.24) is 10.2 Å². The Labute approximate surface area is 174 Å². The third kappa shape index (κ3) is 7.26. The van der Waals surface area contributed by atoms with Crippen LogP contribution in [-0.4, -0.2) is 42.5 Å². The van der Waals surface area contributed by atoms with Crippen molar-refractivity contribution in [2.75, 3.05) is 19.7 Å². The van der Waals surface area contributed by atoms with Gasteiger partial charge in [0.05, 0.1) is 0 Å². The highest BCUT2D eigenvalue weighted by molar-refractivity contribution is 5.88. The topological polar surface area (TPSA) is 58.6 Å². The van der Waals surface area contributed by atoms with Gasteiger partial charge in [-0.2, -0.15) is 0 Å². The molecule has 0 radical (unpaired) electrons. The van der Waals surface area contributed by atoms with Crippen molar-refractivity contribution in [3.05, 3.63) is 65.7 Å². The SMILES string of the molecule is Cc1ccccc1OCC(=O)N(CCc1ccccc1)C(C)C(=O)NCC(C)C. The highest BCUT2D eigenvalue weighted by Crippen LogP contribution is 2.16. The summed E-state index contributed by atoms with van der Waals surface area (Å²) in [6, 6.07) is 17.0. The average Bonchev–Trinajstić information content (AvgIpc) is 2.72. The number of hydrogen-bond donors (Lipinski definition) is 1. The first-order valence-corrected chi connectivity index (χ1v) is 10.2. The van der Waals surface area contributed by atoms with Crippen LogP contribution in [0.15, 0.2) is 54.6 Å². The summed E-state index contributed by atoms with van der Waals surface area (Å²) in [6.45, 7) is 8.74. The van der Waals surface area contributed by atoms with Gasteiger partial charge in [0, 0.05) is 13.1 Å². The number of benzene rings is 2. The van der Waals surface area contributed by atoms with Gasteiger partial charge < -0.3 is 15.0 Å². The van der Waals surface area contributed by atoms with Crippen LogP contribution in [-0.2, 0) is 16.0 Å². The molecular weight excluding hydrogens is 364 g/mol. The molecule has 1 unspecified atom stereocenters. The Hall–Kier alpha value is -2.82. The first-order chi connectivity index (χ1) is 13.9. The third-order valence-electron chi connectivity index (χ3n) is 4.78. The molecule has 0 saturated carbocycles. The van der Waals surface area contributed by atoms with Crippen molar-refractivity contribution in [1.29, 1.82) is 0 Å². The Bertz CT molecular complexity index is 790. The molecule has 2 aromatic rings. The van der Waals surface area contributed by atoms with Gasteiger partial charge in [0.25, 0.3) is 5.91 Å². The predicted molar refractivity (Wildman–Crippen MR) is 116 cm³/mol. The van der Waals surface area contributed by atoms with E-state index in [9.17, 15) is 9.59 Å². The lowest BCUT2D eigenvalue weighted by Crippen LogP contribution is -2.50. The van der Waals surface area contributed by atoms with Gasteiger partial charge in [-0.25, -0.2) is 0 Å². The van der Waals surface area contributed by atoms with Gasteiger partial charge in [0.1, 0.15) is 11.8 Å². The average molecular weight is 397 g/mol. The van der Waals surface area contributed by atoms with E-state index in [2.05, 4.69) is 5.32 Å². The molecule has 156 valence electrons. The zero-order valence-corrected chi connectivity index (χ0v) is 17.9. The van der Waals surface area contributed by atoms with Crippen molar-refractivity contribution in [3.63, 3.8) is 0 Å². The van der Waals surface area contributed by atoms with E-state index in [-0.39, 0.29) is 18.4 Å². The van der Waals surface area contributed by atoms with Crippen molar-refractivity contribution in [2.24, 2.45) is 5.92 Å². The number of amides is 2. The van der Waals surface area contributed by atoms with E-state index in [0.717, 1.165) is 11.1 Å². The molecule has 0 aromatic heterocycles. The van der Waals surface area contributed by atoms with Crippen LogP contribution in [0.25, 0.3) is 0 Å². The molecule has 0 aliphatic carbocycles. The van der Waals surface area contributed by atoms with Crippen LogP contribution in [0.3, 0.4) is 0 Å². The van der Waals surface area contributed by atoms with E-state index in [1.54, 1.807) is 11.8 Å². The Balaban J connectivity index is 2.06. The number of ether oxygens (including phenoxy) is 1. The van der Waals surface area contributed by atoms with Crippen LogP contribution < -0.4 is 10.1 Å². The van der Waals surface area contributed by atoms with Gasteiger partial charge in [-0.1, -0.05) is 62.4 Å². The van der Waals surface area contributed by atoms with E-state index in [0.29, 0.717) is 31.2 Å². The predicted octanol–water partition coefficient (Wildman–Crippen LogP) is 3.61. The maximum Gasteiger partial charge on any atom is 0.261 e. The van der Waals surface area contributed by atoms with E-state index in [4.69, 9.17) is 4.74 Å². The third-order valence-corrected chi connectivity index (χ3v) is 4.78. The Morgan fingerprint density at radius 2 is 1.66 bits per heavy atom. The number of hydrogen-bond acceptors (Lipinski definition) is 3. The molecule has 1 N–H and O–H groups in total. The molecule has 1 atom stereocenters. The Morgan fingerprint density at radius 3 is 2.31 bits per heavy atom. The maximum absolute atomic E-state index is 13.0. The number of rotatable bonds is 10. The van der Waals surface area contributed by atoms with Gasteiger partial charge in [0.15, 0.2) is 6.61 Å². The lowest BCUT2D eigenvalue weighted by atomic mass is 10.1. The van der Waals surface area contributed by atoms with Crippen molar-refractivity contribution < 1.29 is 14.3 Å². The Morgan fingerprint density at radius 1 is 1.00 bits per heavy atom. The summed E-state index contributed by atoms with van der Waals surface area (Å²) in [5.74, 6) is 0.692. The molecule has 0 aliphatic heterocycles. The van der Waals surface area contributed by atoms with E-state index in [1.165, 1.54) is 0 Å². The zero-order chi connectivity index (χ0) is 21.2. The van der Waals surface area contributed by atoms with Crippen molar-refractivity contribution in [2.45, 2.75) is 40.2 Å². The van der Waals surface area contributed by atoms with E-state index < -0.39 is 6.04 Å². The number of carbonyl (C=O) groups is 2. The molecule has 0 saturated heterocycles. The number of aryl methyl sites for hydroxylation is 1. The highest BCUT2D eigenvalue weighted by Gasteiger charge is 2.26. The fourth-order valence-corrected chi connectivity index (χ4v) is 2.96. The maximum atomic E-state index is 13.0. The fourth-order valence-electron chi connectivity index (χ4n) is 2.96. The number of nitrogens with zero attached hydrogens (tertiary/aromatic N) is 1. The van der Waals surface area contributed by atoms with E-state index in [1.807, 2.05) is 75.4 Å². The lowest BCUT2D eigenvalue weighted by molar-refractivity contribution is -0.141. The van der Waals surface area contributed by atoms with Crippen molar-refractivity contribution >= 4 is 11.8 Å². The van der Waals surface area contributed by atoms with Crippen LogP contribution in [0.2, 0.25) is 0 Å². The molecule has 0 bridgehead atoms. The first-order valence-electron chi connectivity index (χ1n) is 10.2. The second kappa shape index (κ2) is 11.2. The minimum atomic E-state index is -0.564. The minimum Gasteiger partial charge on any atom is -0.484 e. The monoisotopic (exact) mass is 396 g/mol. The summed E-state index contributed by atoms with van der Waals surface area (Å²) >= 11 is 0. The van der Waals surface area contributed by atoms with Gasteiger partial charge in [-0.3, -0.25) is 9.59 Å². The Kier molecular flexibility index (Phi) is 8.71. The molecule has 2 rings (SSSR count). The second-order valence-electron chi connectivity index (χ2n) is 7.69. The van der Waals surface area contributed by atoms with Gasteiger partial charge >= 0.3 is 0 Å². The molecule has 2 aromatic carbocycles. The van der Waals surface area contributed by atoms with Crippen LogP contribution in [0.5, 0.6) is 5.75 Å². The second-order valence-corrected chi connectivity index (χ2v) is 7.69. The summed E-state index contributed by atoms with van der Waals surface area (Å²) in [5, 5.41) is 2.92. The largest absolute Gasteiger partial charge is 0.484 e. The molecule has 2 amide bonds. The van der Waals surface area contributed by atoms with E-state index >= 15 is 0 Å². The van der Waals surface area contributed by atoms with Crippen LogP contribution in [0.1, 0.15) is 31.9 Å². The normalized spacial score (nSPS) is 11.8. The van der Waals surface area contributed by atoms with Crippen LogP contribution in [0, 0.1) is 12.8 Å². The zero-order valence-electron chi connectivity index (χ0n) is 17.9. The molecule has 0 aliphatic rings. The molecule has 0 spiro atoms. The standard InChI is InChI=1S/C24H32N2O3/c1-18(2)16-25-24(28)20(4)26(15-14-21-11-6-5-7-12-21)23(27)17-29-22-13-9-8-10-19(22)3/h5-13,18,20H,14-17H2,1-4H3,(H,25,28). The molecule has 0 heterocycles. The van der Waals surface area contributed by atoms with Gasteiger partial charge in [-0.15, -0.1) is 0 Å². The lowest BCUT2D eigenvalue weighted by Gasteiger charge is -2.29. The molecule has 29 heavy (non-hydrogen) atoms.